The van der Waals surface area contributed by atoms with Crippen molar-refractivity contribution < 1.29 is 4.79 Å². The van der Waals surface area contributed by atoms with Crippen LogP contribution in [0.4, 0.5) is 0 Å². The van der Waals surface area contributed by atoms with E-state index < -0.39 is 0 Å². The summed E-state index contributed by atoms with van der Waals surface area (Å²) in [6.07, 6.45) is 0.554. The third kappa shape index (κ3) is 3.44. The van der Waals surface area contributed by atoms with E-state index in [1.54, 1.807) is 4.90 Å². The molecule has 2 nitrogen and oxygen atoms in total. The number of amides is 1. The van der Waals surface area contributed by atoms with Crippen molar-refractivity contribution >= 4 is 5.91 Å². The van der Waals surface area contributed by atoms with Gasteiger partial charge < -0.3 is 4.90 Å². The van der Waals surface area contributed by atoms with E-state index in [-0.39, 0.29) is 5.91 Å². The maximum Gasteiger partial charge on any atom is 0.222 e. The van der Waals surface area contributed by atoms with E-state index in [4.69, 9.17) is 0 Å². The first-order valence-electron chi connectivity index (χ1n) is 6.59. The molecule has 0 bridgehead atoms. The van der Waals surface area contributed by atoms with Gasteiger partial charge in [0.1, 0.15) is 0 Å². The highest BCUT2D eigenvalue weighted by atomic mass is 16.2. The fraction of sp³-hybridized carbons (Fsp3) is 0.235. The lowest BCUT2D eigenvalue weighted by Gasteiger charge is -2.16. The molecule has 0 aliphatic heterocycles. The Hall–Kier alpha value is -2.09. The van der Waals surface area contributed by atoms with Crippen molar-refractivity contribution in [2.75, 3.05) is 7.05 Å². The van der Waals surface area contributed by atoms with Crippen LogP contribution in [0.25, 0.3) is 11.1 Å². The number of hydrogen-bond donors (Lipinski definition) is 0. The molecular formula is C17H19NO. The summed E-state index contributed by atoms with van der Waals surface area (Å²) < 4.78 is 0. The maximum atomic E-state index is 11.5. The Kier molecular flexibility index (Phi) is 4.35. The molecule has 0 aliphatic carbocycles. The van der Waals surface area contributed by atoms with E-state index in [1.165, 1.54) is 11.1 Å². The summed E-state index contributed by atoms with van der Waals surface area (Å²) in [4.78, 5) is 13.3. The molecule has 0 atom stereocenters. The molecule has 0 saturated heterocycles. The van der Waals surface area contributed by atoms with Crippen LogP contribution < -0.4 is 0 Å². The van der Waals surface area contributed by atoms with Crippen LogP contribution in [0.5, 0.6) is 0 Å². The van der Waals surface area contributed by atoms with Gasteiger partial charge in [-0.05, 0) is 16.7 Å². The van der Waals surface area contributed by atoms with Crippen LogP contribution in [0.2, 0.25) is 0 Å². The molecule has 2 rings (SSSR count). The van der Waals surface area contributed by atoms with Crippen LogP contribution in [0.15, 0.2) is 54.6 Å². The van der Waals surface area contributed by atoms with Gasteiger partial charge in [-0.3, -0.25) is 4.79 Å². The van der Waals surface area contributed by atoms with Gasteiger partial charge in [0.05, 0.1) is 0 Å². The Labute approximate surface area is 114 Å². The Morgan fingerprint density at radius 2 is 1.53 bits per heavy atom. The van der Waals surface area contributed by atoms with Crippen molar-refractivity contribution in [3.63, 3.8) is 0 Å². The lowest BCUT2D eigenvalue weighted by atomic mass is 10.0. The van der Waals surface area contributed by atoms with E-state index in [1.807, 2.05) is 32.2 Å². The monoisotopic (exact) mass is 253 g/mol. The normalized spacial score (nSPS) is 10.2. The van der Waals surface area contributed by atoms with Crippen molar-refractivity contribution in [1.29, 1.82) is 0 Å². The summed E-state index contributed by atoms with van der Waals surface area (Å²) in [5.41, 5.74) is 3.57. The van der Waals surface area contributed by atoms with Crippen LogP contribution in [0, 0.1) is 0 Å². The molecule has 0 spiro atoms. The number of hydrogen-bond acceptors (Lipinski definition) is 1. The van der Waals surface area contributed by atoms with Crippen molar-refractivity contribution in [2.45, 2.75) is 19.9 Å². The van der Waals surface area contributed by atoms with E-state index in [9.17, 15) is 4.79 Å². The number of carbonyl (C=O) groups excluding carboxylic acids is 1. The van der Waals surface area contributed by atoms with Gasteiger partial charge >= 0.3 is 0 Å². The van der Waals surface area contributed by atoms with Crippen molar-refractivity contribution in [1.82, 2.24) is 4.90 Å². The fourth-order valence-corrected chi connectivity index (χ4v) is 2.07. The zero-order valence-corrected chi connectivity index (χ0v) is 11.5. The molecule has 2 heteroatoms. The number of benzene rings is 2. The van der Waals surface area contributed by atoms with Crippen molar-refractivity contribution in [2.24, 2.45) is 0 Å². The summed E-state index contributed by atoms with van der Waals surface area (Å²) >= 11 is 0. The fourth-order valence-electron chi connectivity index (χ4n) is 2.07. The van der Waals surface area contributed by atoms with Crippen LogP contribution in [-0.2, 0) is 11.3 Å². The summed E-state index contributed by atoms with van der Waals surface area (Å²) in [6.45, 7) is 2.55. The second-order valence-corrected chi connectivity index (χ2v) is 4.67. The molecule has 0 fully saturated rings. The number of nitrogens with zero attached hydrogens (tertiary/aromatic N) is 1. The molecule has 0 heterocycles. The zero-order chi connectivity index (χ0) is 13.7. The van der Waals surface area contributed by atoms with E-state index in [0.717, 1.165) is 5.56 Å². The minimum atomic E-state index is 0.173. The molecule has 98 valence electrons. The summed E-state index contributed by atoms with van der Waals surface area (Å²) in [6, 6.07) is 18.7. The first-order chi connectivity index (χ1) is 9.20. The Morgan fingerprint density at radius 1 is 0.947 bits per heavy atom. The summed E-state index contributed by atoms with van der Waals surface area (Å²) in [5, 5.41) is 0. The molecule has 19 heavy (non-hydrogen) atoms. The quantitative estimate of drug-likeness (QED) is 0.813. The third-order valence-electron chi connectivity index (χ3n) is 3.21. The highest BCUT2D eigenvalue weighted by molar-refractivity contribution is 5.75. The lowest BCUT2D eigenvalue weighted by Crippen LogP contribution is -2.25. The van der Waals surface area contributed by atoms with Gasteiger partial charge in [-0.2, -0.15) is 0 Å². The average molecular weight is 253 g/mol. The van der Waals surface area contributed by atoms with Gasteiger partial charge in [0.25, 0.3) is 0 Å². The molecule has 1 amide bonds. The van der Waals surface area contributed by atoms with Crippen molar-refractivity contribution in [3.8, 4) is 11.1 Å². The first-order valence-corrected chi connectivity index (χ1v) is 6.59. The Bertz CT molecular complexity index is 531. The van der Waals surface area contributed by atoms with Crippen LogP contribution in [0.3, 0.4) is 0 Å². The SMILES string of the molecule is CCC(=O)N(C)Cc1ccc(-c2ccccc2)cc1. The van der Waals surface area contributed by atoms with Gasteiger partial charge in [0.15, 0.2) is 0 Å². The molecule has 0 aromatic heterocycles. The zero-order valence-electron chi connectivity index (χ0n) is 11.5. The first kappa shape index (κ1) is 13.3. The molecule has 0 radical (unpaired) electrons. The smallest absolute Gasteiger partial charge is 0.222 e. The van der Waals surface area contributed by atoms with Crippen LogP contribution >= 0.6 is 0 Å². The molecule has 0 saturated carbocycles. The van der Waals surface area contributed by atoms with Crippen LogP contribution in [0.1, 0.15) is 18.9 Å². The topological polar surface area (TPSA) is 20.3 Å². The van der Waals surface area contributed by atoms with Gasteiger partial charge in [-0.15, -0.1) is 0 Å². The van der Waals surface area contributed by atoms with Crippen molar-refractivity contribution in [3.05, 3.63) is 60.2 Å². The lowest BCUT2D eigenvalue weighted by molar-refractivity contribution is -0.130. The summed E-state index contributed by atoms with van der Waals surface area (Å²) in [5.74, 6) is 0.173. The molecule has 0 N–H and O–H groups in total. The van der Waals surface area contributed by atoms with Gasteiger partial charge in [0.2, 0.25) is 5.91 Å². The Balaban J connectivity index is 2.09. The predicted molar refractivity (Wildman–Crippen MR) is 78.6 cm³/mol. The van der Waals surface area contributed by atoms with Gasteiger partial charge in [-0.25, -0.2) is 0 Å². The molecule has 0 aliphatic rings. The average Bonchev–Trinajstić information content (AvgIpc) is 2.48. The molecular weight excluding hydrogens is 234 g/mol. The van der Waals surface area contributed by atoms with E-state index in [0.29, 0.717) is 13.0 Å². The number of carbonyl (C=O) groups is 1. The highest BCUT2D eigenvalue weighted by Crippen LogP contribution is 2.19. The van der Waals surface area contributed by atoms with Crippen LogP contribution in [-0.4, -0.2) is 17.9 Å². The maximum absolute atomic E-state index is 11.5. The standard InChI is InChI=1S/C17H19NO/c1-3-17(19)18(2)13-14-9-11-16(12-10-14)15-7-5-4-6-8-15/h4-12H,3,13H2,1-2H3. The third-order valence-corrected chi connectivity index (χ3v) is 3.21. The second kappa shape index (κ2) is 6.19. The highest BCUT2D eigenvalue weighted by Gasteiger charge is 2.06. The van der Waals surface area contributed by atoms with Gasteiger partial charge in [0, 0.05) is 20.0 Å². The largest absolute Gasteiger partial charge is 0.341 e. The predicted octanol–water partition coefficient (Wildman–Crippen LogP) is 3.72. The minimum absolute atomic E-state index is 0.173. The molecule has 0 unspecified atom stereocenters. The summed E-state index contributed by atoms with van der Waals surface area (Å²) in [7, 11) is 1.84. The molecule has 2 aromatic carbocycles. The molecule has 2 aromatic rings. The minimum Gasteiger partial charge on any atom is -0.341 e. The van der Waals surface area contributed by atoms with Gasteiger partial charge in [-0.1, -0.05) is 61.5 Å². The Morgan fingerprint density at radius 3 is 2.11 bits per heavy atom. The van der Waals surface area contributed by atoms with E-state index >= 15 is 0 Å². The second-order valence-electron chi connectivity index (χ2n) is 4.67. The van der Waals surface area contributed by atoms with E-state index in [2.05, 4.69) is 36.4 Å². The number of rotatable bonds is 4.